The van der Waals surface area contributed by atoms with E-state index in [1.165, 1.54) is 11.1 Å². The molecule has 0 saturated heterocycles. The summed E-state index contributed by atoms with van der Waals surface area (Å²) in [5, 5.41) is 0. The van der Waals surface area contributed by atoms with E-state index in [1.54, 1.807) is 12.1 Å². The van der Waals surface area contributed by atoms with Gasteiger partial charge in [-0.15, -0.1) is 0 Å². The number of aryl methyl sites for hydroxylation is 1. The molecule has 2 aromatic rings. The predicted molar refractivity (Wildman–Crippen MR) is 150 cm³/mol. The van der Waals surface area contributed by atoms with Gasteiger partial charge in [0.25, 0.3) is 0 Å². The molecule has 0 saturated carbocycles. The van der Waals surface area contributed by atoms with Crippen LogP contribution in [-0.2, 0) is 23.7 Å². The first-order chi connectivity index (χ1) is 18.3. The van der Waals surface area contributed by atoms with E-state index in [9.17, 15) is 17.6 Å². The SMILES string of the molecule is CC(C)C1(C(C)C)CCc2cccc(OC(F)F)c21.CCC(C)C1(C(C)C)CCc2c(OC(F)F)cccc21. The van der Waals surface area contributed by atoms with Gasteiger partial charge >= 0.3 is 13.2 Å². The molecular formula is C33H46F4O2. The van der Waals surface area contributed by atoms with E-state index in [1.807, 2.05) is 18.2 Å². The van der Waals surface area contributed by atoms with E-state index in [2.05, 4.69) is 61.5 Å². The van der Waals surface area contributed by atoms with Gasteiger partial charge in [0.2, 0.25) is 0 Å². The van der Waals surface area contributed by atoms with Crippen LogP contribution in [0.3, 0.4) is 0 Å². The Morgan fingerprint density at radius 2 is 1.21 bits per heavy atom. The molecule has 0 spiro atoms. The van der Waals surface area contributed by atoms with Gasteiger partial charge < -0.3 is 9.47 Å². The molecule has 6 heteroatoms. The number of fused-ring (bicyclic) bond motifs is 2. The van der Waals surface area contributed by atoms with Gasteiger partial charge in [-0.3, -0.25) is 0 Å². The Morgan fingerprint density at radius 3 is 1.74 bits per heavy atom. The number of alkyl halides is 4. The summed E-state index contributed by atoms with van der Waals surface area (Å²) in [5.74, 6) is 2.55. The molecule has 0 radical (unpaired) electrons. The molecule has 2 aromatic carbocycles. The summed E-state index contributed by atoms with van der Waals surface area (Å²) in [6, 6.07) is 11.1. The minimum Gasteiger partial charge on any atom is -0.435 e. The summed E-state index contributed by atoms with van der Waals surface area (Å²) in [6.07, 6.45) is 4.92. The molecule has 0 aliphatic heterocycles. The van der Waals surface area contributed by atoms with Gasteiger partial charge in [-0.2, -0.15) is 17.6 Å². The molecule has 2 nitrogen and oxygen atoms in total. The first-order valence-electron chi connectivity index (χ1n) is 14.5. The third-order valence-electron chi connectivity index (χ3n) is 9.82. The monoisotopic (exact) mass is 550 g/mol. The summed E-state index contributed by atoms with van der Waals surface area (Å²) < 4.78 is 59.8. The maximum Gasteiger partial charge on any atom is 0.387 e. The summed E-state index contributed by atoms with van der Waals surface area (Å²) in [4.78, 5) is 0. The molecular weight excluding hydrogens is 504 g/mol. The topological polar surface area (TPSA) is 18.5 Å². The van der Waals surface area contributed by atoms with E-state index in [0.717, 1.165) is 43.2 Å². The average molecular weight is 551 g/mol. The summed E-state index contributed by atoms with van der Waals surface area (Å²) in [5.41, 5.74) is 4.43. The molecule has 0 heterocycles. The van der Waals surface area contributed by atoms with Crippen molar-refractivity contribution >= 4 is 0 Å². The number of benzene rings is 2. The van der Waals surface area contributed by atoms with Crippen molar-refractivity contribution in [1.29, 1.82) is 0 Å². The first-order valence-corrected chi connectivity index (χ1v) is 14.5. The highest BCUT2D eigenvalue weighted by Crippen LogP contribution is 2.54. The van der Waals surface area contributed by atoms with Crippen LogP contribution >= 0.6 is 0 Å². The molecule has 4 rings (SSSR count). The van der Waals surface area contributed by atoms with Crippen molar-refractivity contribution in [2.75, 3.05) is 0 Å². The lowest BCUT2D eigenvalue weighted by atomic mass is 9.64. The van der Waals surface area contributed by atoms with Crippen molar-refractivity contribution in [2.24, 2.45) is 23.7 Å². The Balaban J connectivity index is 0.000000216. The molecule has 2 aliphatic rings. The Hall–Kier alpha value is -2.24. The molecule has 0 fully saturated rings. The summed E-state index contributed by atoms with van der Waals surface area (Å²) in [6.45, 7) is 12.1. The number of hydrogen-bond donors (Lipinski definition) is 0. The number of hydrogen-bond acceptors (Lipinski definition) is 2. The minimum atomic E-state index is -2.76. The summed E-state index contributed by atoms with van der Waals surface area (Å²) >= 11 is 0. The van der Waals surface area contributed by atoms with Crippen molar-refractivity contribution in [3.63, 3.8) is 0 Å². The maximum atomic E-state index is 12.6. The molecule has 0 aromatic heterocycles. The second-order valence-electron chi connectivity index (χ2n) is 12.2. The van der Waals surface area contributed by atoms with Gasteiger partial charge in [0.1, 0.15) is 11.5 Å². The van der Waals surface area contributed by atoms with E-state index < -0.39 is 13.2 Å². The Labute approximate surface area is 232 Å². The second-order valence-corrected chi connectivity index (χ2v) is 12.2. The first kappa shape index (κ1) is 31.3. The average Bonchev–Trinajstić information content (AvgIpc) is 3.45. The van der Waals surface area contributed by atoms with E-state index in [0.29, 0.717) is 35.2 Å². The zero-order valence-electron chi connectivity index (χ0n) is 24.8. The number of ether oxygens (including phenoxy) is 2. The zero-order valence-corrected chi connectivity index (χ0v) is 24.8. The third kappa shape index (κ3) is 5.81. The fourth-order valence-corrected chi connectivity index (χ4v) is 7.77. The van der Waals surface area contributed by atoms with Crippen molar-refractivity contribution in [1.82, 2.24) is 0 Å². The quantitative estimate of drug-likeness (QED) is 0.289. The lowest BCUT2D eigenvalue weighted by Gasteiger charge is -2.40. The van der Waals surface area contributed by atoms with E-state index in [-0.39, 0.29) is 10.8 Å². The Morgan fingerprint density at radius 1 is 0.692 bits per heavy atom. The normalized spacial score (nSPS) is 20.3. The fraction of sp³-hybridized carbons (Fsp3) is 0.636. The van der Waals surface area contributed by atoms with Crippen LogP contribution < -0.4 is 9.47 Å². The van der Waals surface area contributed by atoms with Crippen LogP contribution in [-0.4, -0.2) is 13.2 Å². The highest BCUT2D eigenvalue weighted by Gasteiger charge is 2.47. The van der Waals surface area contributed by atoms with E-state index >= 15 is 0 Å². The Kier molecular flexibility index (Phi) is 10.0. The summed E-state index contributed by atoms with van der Waals surface area (Å²) in [7, 11) is 0. The molecule has 39 heavy (non-hydrogen) atoms. The van der Waals surface area contributed by atoms with Gasteiger partial charge in [0.15, 0.2) is 0 Å². The molecule has 2 aliphatic carbocycles. The van der Waals surface area contributed by atoms with Gasteiger partial charge in [0, 0.05) is 16.4 Å². The lowest BCUT2D eigenvalue weighted by molar-refractivity contribution is -0.0518. The standard InChI is InChI=1S/C17H24F2O.C16H22F2O/c1-5-12(4)17(11(2)3)10-9-13-14(17)7-6-8-15(13)20-16(18)19;1-10(2)16(11(3)4)9-8-12-6-5-7-13(14(12)16)19-15(17)18/h6-8,11-12,16H,5,9-10H2,1-4H3;5-7,10-11,15H,8-9H2,1-4H3. The van der Waals surface area contributed by atoms with Gasteiger partial charge in [-0.05, 0) is 78.2 Å². The molecule has 2 unspecified atom stereocenters. The van der Waals surface area contributed by atoms with Crippen LogP contribution in [0.2, 0.25) is 0 Å². The lowest BCUT2D eigenvalue weighted by Crippen LogP contribution is -2.36. The largest absolute Gasteiger partial charge is 0.435 e. The fourth-order valence-electron chi connectivity index (χ4n) is 7.77. The van der Waals surface area contributed by atoms with Gasteiger partial charge in [-0.1, -0.05) is 86.1 Å². The third-order valence-corrected chi connectivity index (χ3v) is 9.82. The van der Waals surface area contributed by atoms with Crippen LogP contribution in [0, 0.1) is 23.7 Å². The van der Waals surface area contributed by atoms with Crippen molar-refractivity contribution < 1.29 is 27.0 Å². The van der Waals surface area contributed by atoms with E-state index in [4.69, 9.17) is 9.47 Å². The second kappa shape index (κ2) is 12.5. The predicted octanol–water partition coefficient (Wildman–Crippen LogP) is 9.96. The van der Waals surface area contributed by atoms with Crippen molar-refractivity contribution in [3.05, 3.63) is 58.7 Å². The van der Waals surface area contributed by atoms with Crippen LogP contribution in [0.4, 0.5) is 17.6 Å². The highest BCUT2D eigenvalue weighted by molar-refractivity contribution is 5.50. The van der Waals surface area contributed by atoms with Crippen LogP contribution in [0.25, 0.3) is 0 Å². The van der Waals surface area contributed by atoms with Crippen LogP contribution in [0.1, 0.15) is 96.9 Å². The smallest absolute Gasteiger partial charge is 0.387 e. The van der Waals surface area contributed by atoms with Crippen molar-refractivity contribution in [2.45, 2.75) is 112 Å². The number of rotatable bonds is 9. The molecule has 2 atom stereocenters. The maximum absolute atomic E-state index is 12.6. The highest BCUT2D eigenvalue weighted by atomic mass is 19.3. The van der Waals surface area contributed by atoms with Gasteiger partial charge in [-0.25, -0.2) is 0 Å². The van der Waals surface area contributed by atoms with Gasteiger partial charge in [0.05, 0.1) is 0 Å². The minimum absolute atomic E-state index is 0.0547. The molecule has 0 bridgehead atoms. The van der Waals surface area contributed by atoms with Crippen LogP contribution in [0.5, 0.6) is 11.5 Å². The number of halogens is 4. The molecule has 0 N–H and O–H groups in total. The molecule has 218 valence electrons. The zero-order chi connectivity index (χ0) is 29.1. The molecule has 0 amide bonds. The Bertz CT molecular complexity index is 1090. The van der Waals surface area contributed by atoms with Crippen LogP contribution in [0.15, 0.2) is 36.4 Å². The van der Waals surface area contributed by atoms with Crippen molar-refractivity contribution in [3.8, 4) is 11.5 Å².